The lowest BCUT2D eigenvalue weighted by atomic mass is 9.77. The van der Waals surface area contributed by atoms with Crippen LogP contribution in [0.5, 0.6) is 0 Å². The number of hydrogen-bond donors (Lipinski definition) is 3. The summed E-state index contributed by atoms with van der Waals surface area (Å²) in [6, 6.07) is 7.16. The first-order chi connectivity index (χ1) is 9.58. The fourth-order valence-corrected chi connectivity index (χ4v) is 2.51. The smallest absolute Gasteiger partial charge is 0.321 e. The zero-order valence-corrected chi connectivity index (χ0v) is 11.2. The number of amides is 3. The summed E-state index contributed by atoms with van der Waals surface area (Å²) in [4.78, 5) is 25.4. The summed E-state index contributed by atoms with van der Waals surface area (Å²) >= 11 is 0. The topological polar surface area (TPSA) is 87.5 Å². The van der Waals surface area contributed by atoms with Crippen molar-refractivity contribution in [1.82, 2.24) is 5.32 Å². The van der Waals surface area contributed by atoms with E-state index in [9.17, 15) is 9.59 Å². The minimum Gasteiger partial charge on any atom is -0.336 e. The van der Waals surface area contributed by atoms with Crippen molar-refractivity contribution in [2.24, 2.45) is 5.73 Å². The van der Waals surface area contributed by atoms with Crippen LogP contribution < -0.4 is 21.3 Å². The number of nitrogens with two attached hydrogens (primary N) is 1. The second kappa shape index (κ2) is 4.79. The van der Waals surface area contributed by atoms with Crippen molar-refractivity contribution in [2.45, 2.75) is 24.8 Å². The van der Waals surface area contributed by atoms with Gasteiger partial charge in [-0.3, -0.25) is 9.69 Å². The molecule has 20 heavy (non-hydrogen) atoms. The van der Waals surface area contributed by atoms with Gasteiger partial charge in [-0.2, -0.15) is 0 Å². The Balaban J connectivity index is 1.74. The summed E-state index contributed by atoms with van der Waals surface area (Å²) in [5.74, 6) is -0.147. The predicted molar refractivity (Wildman–Crippen MR) is 76.6 cm³/mol. The van der Waals surface area contributed by atoms with Crippen molar-refractivity contribution in [3.05, 3.63) is 24.3 Å². The van der Waals surface area contributed by atoms with Gasteiger partial charge in [0.25, 0.3) is 0 Å². The molecule has 0 aromatic heterocycles. The minimum absolute atomic E-state index is 0.109. The first-order valence-electron chi connectivity index (χ1n) is 6.84. The van der Waals surface area contributed by atoms with Crippen LogP contribution in [0.15, 0.2) is 24.3 Å². The predicted octanol–water partition coefficient (Wildman–Crippen LogP) is 1.04. The molecule has 1 aliphatic heterocycles. The maximum absolute atomic E-state index is 12.1. The van der Waals surface area contributed by atoms with Crippen LogP contribution in [0, 0.1) is 0 Å². The third kappa shape index (κ3) is 2.22. The van der Waals surface area contributed by atoms with Crippen LogP contribution in [0.1, 0.15) is 19.3 Å². The van der Waals surface area contributed by atoms with Gasteiger partial charge in [0.15, 0.2) is 0 Å². The summed E-state index contributed by atoms with van der Waals surface area (Å²) in [5.41, 5.74) is 6.71. The van der Waals surface area contributed by atoms with Crippen molar-refractivity contribution in [3.8, 4) is 0 Å². The molecule has 0 atom stereocenters. The fraction of sp³-hybridized carbons (Fsp3) is 0.429. The molecular weight excluding hydrogens is 256 g/mol. The van der Waals surface area contributed by atoms with Gasteiger partial charge in [-0.1, -0.05) is 6.07 Å². The Labute approximate surface area is 117 Å². The second-order valence-electron chi connectivity index (χ2n) is 5.40. The Bertz CT molecular complexity index is 554. The highest BCUT2D eigenvalue weighted by molar-refractivity contribution is 6.00. The molecule has 1 aromatic rings. The summed E-state index contributed by atoms with van der Waals surface area (Å²) in [6.07, 6.45) is 2.46. The first-order valence-corrected chi connectivity index (χ1v) is 6.84. The van der Waals surface area contributed by atoms with Crippen molar-refractivity contribution in [2.75, 3.05) is 23.3 Å². The zero-order chi connectivity index (χ0) is 14.2. The number of benzene rings is 1. The first kappa shape index (κ1) is 12.9. The van der Waals surface area contributed by atoms with Gasteiger partial charge in [-0.25, -0.2) is 4.79 Å². The Morgan fingerprint density at radius 2 is 2.20 bits per heavy atom. The molecule has 106 valence electrons. The summed E-state index contributed by atoms with van der Waals surface area (Å²) in [5, 5.41) is 5.59. The third-order valence-corrected chi connectivity index (χ3v) is 3.97. The van der Waals surface area contributed by atoms with Gasteiger partial charge >= 0.3 is 6.03 Å². The van der Waals surface area contributed by atoms with Gasteiger partial charge in [0.05, 0.1) is 5.54 Å². The van der Waals surface area contributed by atoms with Crippen molar-refractivity contribution < 1.29 is 9.59 Å². The lowest BCUT2D eigenvalue weighted by Crippen LogP contribution is -2.56. The molecule has 0 radical (unpaired) electrons. The highest BCUT2D eigenvalue weighted by Crippen LogP contribution is 2.30. The van der Waals surface area contributed by atoms with E-state index < -0.39 is 5.54 Å². The van der Waals surface area contributed by atoms with Gasteiger partial charge in [0.1, 0.15) is 0 Å². The molecular formula is C14H18N4O2. The SMILES string of the molecule is NC1(C(=O)Nc2cccc(N3CCNC3=O)c2)CCC1. The number of carbonyl (C=O) groups is 2. The Morgan fingerprint density at radius 1 is 1.40 bits per heavy atom. The average Bonchev–Trinajstić information content (AvgIpc) is 2.82. The Hall–Kier alpha value is -2.08. The molecule has 2 aliphatic rings. The summed E-state index contributed by atoms with van der Waals surface area (Å²) in [7, 11) is 0. The van der Waals surface area contributed by atoms with Gasteiger partial charge in [0.2, 0.25) is 5.91 Å². The van der Waals surface area contributed by atoms with Gasteiger partial charge in [-0.05, 0) is 37.5 Å². The highest BCUT2D eigenvalue weighted by Gasteiger charge is 2.40. The van der Waals surface area contributed by atoms with E-state index in [0.29, 0.717) is 18.8 Å². The fourth-order valence-electron chi connectivity index (χ4n) is 2.51. The summed E-state index contributed by atoms with van der Waals surface area (Å²) in [6.45, 7) is 1.28. The van der Waals surface area contributed by atoms with Gasteiger partial charge < -0.3 is 16.4 Å². The van der Waals surface area contributed by atoms with Crippen molar-refractivity contribution in [3.63, 3.8) is 0 Å². The quantitative estimate of drug-likeness (QED) is 0.769. The van der Waals surface area contributed by atoms with Crippen LogP contribution in [0.4, 0.5) is 16.2 Å². The molecule has 6 heteroatoms. The van der Waals surface area contributed by atoms with E-state index in [1.54, 1.807) is 17.0 Å². The summed E-state index contributed by atoms with van der Waals surface area (Å²) < 4.78 is 0. The third-order valence-electron chi connectivity index (χ3n) is 3.97. The highest BCUT2D eigenvalue weighted by atomic mass is 16.2. The monoisotopic (exact) mass is 274 g/mol. The van der Waals surface area contributed by atoms with E-state index in [2.05, 4.69) is 10.6 Å². The standard InChI is InChI=1S/C14H18N4O2/c15-14(5-2-6-14)12(19)17-10-3-1-4-11(9-10)18-8-7-16-13(18)20/h1,3-4,9H,2,5-8,15H2,(H,16,20)(H,17,19). The van der Waals surface area contributed by atoms with E-state index in [0.717, 1.165) is 24.9 Å². The zero-order valence-electron chi connectivity index (χ0n) is 11.2. The number of nitrogens with zero attached hydrogens (tertiary/aromatic N) is 1. The lowest BCUT2D eigenvalue weighted by molar-refractivity contribution is -0.123. The van der Waals surface area contributed by atoms with E-state index in [1.165, 1.54) is 0 Å². The van der Waals surface area contributed by atoms with Crippen LogP contribution in [-0.2, 0) is 4.79 Å². The average molecular weight is 274 g/mol. The van der Waals surface area contributed by atoms with Crippen LogP contribution in [-0.4, -0.2) is 30.6 Å². The minimum atomic E-state index is -0.721. The van der Waals surface area contributed by atoms with Crippen LogP contribution in [0.3, 0.4) is 0 Å². The Kier molecular flexibility index (Phi) is 3.10. The second-order valence-corrected chi connectivity index (χ2v) is 5.40. The molecule has 1 aromatic carbocycles. The van der Waals surface area contributed by atoms with E-state index >= 15 is 0 Å². The molecule has 3 amide bonds. The van der Waals surface area contributed by atoms with Gasteiger partial charge in [-0.15, -0.1) is 0 Å². The number of rotatable bonds is 3. The molecule has 6 nitrogen and oxygen atoms in total. The molecule has 4 N–H and O–H groups in total. The molecule has 1 aliphatic carbocycles. The van der Waals surface area contributed by atoms with E-state index in [1.807, 2.05) is 12.1 Å². The number of urea groups is 1. The van der Waals surface area contributed by atoms with Crippen LogP contribution in [0.25, 0.3) is 0 Å². The molecule has 0 spiro atoms. The molecule has 1 heterocycles. The normalized spacial score (nSPS) is 20.2. The van der Waals surface area contributed by atoms with Crippen LogP contribution in [0.2, 0.25) is 0 Å². The lowest BCUT2D eigenvalue weighted by Gasteiger charge is -2.36. The molecule has 1 saturated heterocycles. The number of anilines is 2. The Morgan fingerprint density at radius 3 is 2.80 bits per heavy atom. The largest absolute Gasteiger partial charge is 0.336 e. The molecule has 0 bridgehead atoms. The number of nitrogens with one attached hydrogen (secondary N) is 2. The maximum atomic E-state index is 12.1. The van der Waals surface area contributed by atoms with Crippen LogP contribution >= 0.6 is 0 Å². The maximum Gasteiger partial charge on any atom is 0.321 e. The van der Waals surface area contributed by atoms with E-state index in [4.69, 9.17) is 5.73 Å². The number of carbonyl (C=O) groups excluding carboxylic acids is 2. The van der Waals surface area contributed by atoms with E-state index in [-0.39, 0.29) is 11.9 Å². The molecule has 2 fully saturated rings. The molecule has 0 unspecified atom stereocenters. The van der Waals surface area contributed by atoms with Crippen molar-refractivity contribution >= 4 is 23.3 Å². The van der Waals surface area contributed by atoms with Gasteiger partial charge in [0, 0.05) is 24.5 Å². The van der Waals surface area contributed by atoms with Crippen molar-refractivity contribution in [1.29, 1.82) is 0 Å². The number of hydrogen-bond acceptors (Lipinski definition) is 3. The molecule has 1 saturated carbocycles. The molecule has 3 rings (SSSR count).